The minimum atomic E-state index is -0.728. The molecular weight excluding hydrogens is 528 g/mol. The molecule has 8 heteroatoms. The molecule has 0 fully saturated rings. The Labute approximate surface area is 200 Å². The summed E-state index contributed by atoms with van der Waals surface area (Å²) in [5, 5.41) is 0. The lowest BCUT2D eigenvalue weighted by atomic mass is 9.98. The SMILES string of the molecule is CCC(Oc1ccccc1C(C)CC)C(=O)NNC(=O)COc1c(C)cc(Br)cc1Br. The molecule has 168 valence electrons. The van der Waals surface area contributed by atoms with Crippen LogP contribution in [0.1, 0.15) is 50.7 Å². The van der Waals surface area contributed by atoms with Crippen molar-refractivity contribution in [3.8, 4) is 11.5 Å². The Morgan fingerprint density at radius 3 is 2.42 bits per heavy atom. The maximum Gasteiger partial charge on any atom is 0.279 e. The van der Waals surface area contributed by atoms with Crippen molar-refractivity contribution in [3.63, 3.8) is 0 Å². The molecule has 0 bridgehead atoms. The van der Waals surface area contributed by atoms with Crippen molar-refractivity contribution < 1.29 is 19.1 Å². The van der Waals surface area contributed by atoms with E-state index in [1.807, 2.05) is 50.2 Å². The number of rotatable bonds is 9. The van der Waals surface area contributed by atoms with Crippen LogP contribution in [0.3, 0.4) is 0 Å². The van der Waals surface area contributed by atoms with Crippen LogP contribution in [0.15, 0.2) is 45.3 Å². The number of halogens is 2. The third kappa shape index (κ3) is 7.25. The summed E-state index contributed by atoms with van der Waals surface area (Å²) in [6.45, 7) is 7.72. The molecule has 0 aromatic heterocycles. The van der Waals surface area contributed by atoms with Crippen molar-refractivity contribution in [2.75, 3.05) is 6.61 Å². The Morgan fingerprint density at radius 2 is 1.77 bits per heavy atom. The van der Waals surface area contributed by atoms with E-state index in [4.69, 9.17) is 9.47 Å². The monoisotopic (exact) mass is 554 g/mol. The smallest absolute Gasteiger partial charge is 0.279 e. The number of hydrogen-bond acceptors (Lipinski definition) is 4. The summed E-state index contributed by atoms with van der Waals surface area (Å²) in [4.78, 5) is 24.7. The van der Waals surface area contributed by atoms with Crippen LogP contribution in [0.5, 0.6) is 11.5 Å². The highest BCUT2D eigenvalue weighted by molar-refractivity contribution is 9.11. The largest absolute Gasteiger partial charge is 0.482 e. The molecule has 2 aromatic rings. The maximum atomic E-state index is 12.5. The third-order valence-electron chi connectivity index (χ3n) is 4.86. The van der Waals surface area contributed by atoms with Gasteiger partial charge in [-0.1, -0.05) is 54.9 Å². The zero-order valence-electron chi connectivity index (χ0n) is 18.1. The molecule has 0 heterocycles. The molecule has 2 rings (SSSR count). The second kappa shape index (κ2) is 12.1. The molecular formula is C23H28Br2N2O4. The summed E-state index contributed by atoms with van der Waals surface area (Å²) in [6, 6.07) is 11.4. The van der Waals surface area contributed by atoms with E-state index < -0.39 is 17.9 Å². The van der Waals surface area contributed by atoms with Crippen LogP contribution >= 0.6 is 31.9 Å². The Hall–Kier alpha value is -2.06. The number of hydrogen-bond donors (Lipinski definition) is 2. The van der Waals surface area contributed by atoms with Crippen LogP contribution < -0.4 is 20.3 Å². The Bertz CT molecular complexity index is 897. The van der Waals surface area contributed by atoms with E-state index in [9.17, 15) is 9.59 Å². The van der Waals surface area contributed by atoms with Crippen LogP contribution in [0, 0.1) is 6.92 Å². The summed E-state index contributed by atoms with van der Waals surface area (Å²) in [5.41, 5.74) is 6.74. The summed E-state index contributed by atoms with van der Waals surface area (Å²) in [7, 11) is 0. The summed E-state index contributed by atoms with van der Waals surface area (Å²) in [5.74, 6) is 0.674. The number of para-hydroxylation sites is 1. The number of carbonyl (C=O) groups excluding carboxylic acids is 2. The highest BCUT2D eigenvalue weighted by Gasteiger charge is 2.21. The van der Waals surface area contributed by atoms with Gasteiger partial charge in [0.15, 0.2) is 12.7 Å². The Balaban J connectivity index is 1.91. The predicted molar refractivity (Wildman–Crippen MR) is 128 cm³/mol. The molecule has 6 nitrogen and oxygen atoms in total. The van der Waals surface area contributed by atoms with Gasteiger partial charge in [-0.2, -0.15) is 0 Å². The fraction of sp³-hybridized carbons (Fsp3) is 0.391. The molecule has 2 aromatic carbocycles. The number of nitrogens with one attached hydrogen (secondary N) is 2. The lowest BCUT2D eigenvalue weighted by Crippen LogP contribution is -2.49. The maximum absolute atomic E-state index is 12.5. The van der Waals surface area contributed by atoms with Crippen molar-refractivity contribution in [2.45, 2.75) is 52.6 Å². The van der Waals surface area contributed by atoms with E-state index in [0.717, 1.165) is 26.5 Å². The topological polar surface area (TPSA) is 76.7 Å². The van der Waals surface area contributed by atoms with Crippen molar-refractivity contribution in [2.24, 2.45) is 0 Å². The van der Waals surface area contributed by atoms with Gasteiger partial charge in [0, 0.05) is 4.47 Å². The standard InChI is InChI=1S/C23H28Br2N2O4/c1-5-14(3)17-9-7-8-10-20(17)31-19(6-2)23(29)27-26-21(28)13-30-22-15(4)11-16(24)12-18(22)25/h7-12,14,19H,5-6,13H2,1-4H3,(H,26,28)(H,27,29). The zero-order chi connectivity index (χ0) is 23.0. The molecule has 2 unspecified atom stereocenters. The predicted octanol–water partition coefficient (Wildman–Crippen LogP) is 5.42. The second-order valence-corrected chi connectivity index (χ2v) is 8.99. The minimum absolute atomic E-state index is 0.240. The van der Waals surface area contributed by atoms with Crippen LogP contribution in [0.4, 0.5) is 0 Å². The molecule has 2 amide bonds. The molecule has 0 aliphatic heterocycles. The summed E-state index contributed by atoms with van der Waals surface area (Å²) < 4.78 is 13.2. The number of benzene rings is 2. The highest BCUT2D eigenvalue weighted by Crippen LogP contribution is 2.32. The van der Waals surface area contributed by atoms with E-state index in [-0.39, 0.29) is 6.61 Å². The molecule has 0 radical (unpaired) electrons. The highest BCUT2D eigenvalue weighted by atomic mass is 79.9. The first-order valence-electron chi connectivity index (χ1n) is 10.2. The summed E-state index contributed by atoms with van der Waals surface area (Å²) >= 11 is 6.82. The number of ether oxygens (including phenoxy) is 2. The van der Waals surface area contributed by atoms with Gasteiger partial charge in [-0.3, -0.25) is 20.4 Å². The molecule has 0 saturated carbocycles. The van der Waals surface area contributed by atoms with Gasteiger partial charge in [0.05, 0.1) is 4.47 Å². The first kappa shape index (κ1) is 25.2. The van der Waals surface area contributed by atoms with E-state index >= 15 is 0 Å². The fourth-order valence-corrected chi connectivity index (χ4v) is 4.50. The van der Waals surface area contributed by atoms with Gasteiger partial charge in [0.2, 0.25) is 0 Å². The molecule has 2 atom stereocenters. The van der Waals surface area contributed by atoms with E-state index in [0.29, 0.717) is 23.8 Å². The van der Waals surface area contributed by atoms with Gasteiger partial charge in [0.25, 0.3) is 11.8 Å². The average Bonchev–Trinajstić information content (AvgIpc) is 2.74. The number of carbonyl (C=O) groups is 2. The Morgan fingerprint density at radius 1 is 1.06 bits per heavy atom. The number of aryl methyl sites for hydroxylation is 1. The van der Waals surface area contributed by atoms with Gasteiger partial charge in [-0.15, -0.1) is 0 Å². The van der Waals surface area contributed by atoms with Crippen LogP contribution in [0.2, 0.25) is 0 Å². The van der Waals surface area contributed by atoms with Crippen LogP contribution in [-0.2, 0) is 9.59 Å². The third-order valence-corrected chi connectivity index (χ3v) is 5.91. The zero-order valence-corrected chi connectivity index (χ0v) is 21.3. The fourth-order valence-electron chi connectivity index (χ4n) is 2.95. The van der Waals surface area contributed by atoms with Gasteiger partial charge >= 0.3 is 0 Å². The quantitative estimate of drug-likeness (QED) is 0.405. The molecule has 0 aliphatic rings. The van der Waals surface area contributed by atoms with Gasteiger partial charge in [-0.05, 0) is 70.9 Å². The van der Waals surface area contributed by atoms with E-state index in [2.05, 4.69) is 56.6 Å². The van der Waals surface area contributed by atoms with Gasteiger partial charge < -0.3 is 9.47 Å². The molecule has 2 N–H and O–H groups in total. The first-order valence-corrected chi connectivity index (χ1v) is 11.8. The minimum Gasteiger partial charge on any atom is -0.482 e. The van der Waals surface area contributed by atoms with Crippen molar-refractivity contribution in [3.05, 3.63) is 56.5 Å². The lowest BCUT2D eigenvalue weighted by Gasteiger charge is -2.21. The van der Waals surface area contributed by atoms with Crippen LogP contribution in [-0.4, -0.2) is 24.5 Å². The average molecular weight is 556 g/mol. The first-order chi connectivity index (χ1) is 14.8. The summed E-state index contributed by atoms with van der Waals surface area (Å²) in [6.07, 6.45) is 0.695. The molecule has 0 aliphatic carbocycles. The molecule has 0 saturated heterocycles. The van der Waals surface area contributed by atoms with E-state index in [1.54, 1.807) is 0 Å². The second-order valence-electron chi connectivity index (χ2n) is 7.22. The van der Waals surface area contributed by atoms with Gasteiger partial charge in [-0.25, -0.2) is 0 Å². The normalized spacial score (nSPS) is 12.6. The van der Waals surface area contributed by atoms with Crippen molar-refractivity contribution >= 4 is 43.7 Å². The van der Waals surface area contributed by atoms with Crippen molar-refractivity contribution in [1.82, 2.24) is 10.9 Å². The lowest BCUT2D eigenvalue weighted by molar-refractivity contribution is -0.134. The Kier molecular flexibility index (Phi) is 9.84. The number of hydrazine groups is 1. The molecule has 0 spiro atoms. The van der Waals surface area contributed by atoms with Gasteiger partial charge in [0.1, 0.15) is 11.5 Å². The van der Waals surface area contributed by atoms with Crippen LogP contribution in [0.25, 0.3) is 0 Å². The van der Waals surface area contributed by atoms with Crippen molar-refractivity contribution in [1.29, 1.82) is 0 Å². The number of amides is 2. The van der Waals surface area contributed by atoms with E-state index in [1.165, 1.54) is 0 Å². The molecule has 31 heavy (non-hydrogen) atoms.